The SMILES string of the molecule is CC(C)N1CCOC(COC2(C)CCCNC2)C1. The summed E-state index contributed by atoms with van der Waals surface area (Å²) >= 11 is 0. The standard InChI is InChI=1S/C14H28N2O2/c1-12(2)16-7-8-17-13(9-16)10-18-14(3)5-4-6-15-11-14/h12-13,15H,4-11H2,1-3H3. The van der Waals surface area contributed by atoms with Gasteiger partial charge in [-0.25, -0.2) is 0 Å². The Labute approximate surface area is 111 Å². The number of morpholine rings is 1. The second-order valence-corrected chi connectivity index (χ2v) is 6.12. The molecular weight excluding hydrogens is 228 g/mol. The van der Waals surface area contributed by atoms with E-state index in [1.807, 2.05) is 0 Å². The monoisotopic (exact) mass is 256 g/mol. The minimum Gasteiger partial charge on any atom is -0.373 e. The normalized spacial score (nSPS) is 35.0. The first kappa shape index (κ1) is 14.3. The van der Waals surface area contributed by atoms with E-state index in [-0.39, 0.29) is 11.7 Å². The van der Waals surface area contributed by atoms with Gasteiger partial charge in [-0.15, -0.1) is 0 Å². The summed E-state index contributed by atoms with van der Waals surface area (Å²) in [6.45, 7) is 12.4. The maximum atomic E-state index is 6.12. The van der Waals surface area contributed by atoms with E-state index in [4.69, 9.17) is 9.47 Å². The molecule has 18 heavy (non-hydrogen) atoms. The molecule has 0 aromatic carbocycles. The summed E-state index contributed by atoms with van der Waals surface area (Å²) in [6.07, 6.45) is 2.60. The highest BCUT2D eigenvalue weighted by atomic mass is 16.5. The van der Waals surface area contributed by atoms with E-state index < -0.39 is 0 Å². The third-order valence-electron chi connectivity index (χ3n) is 4.08. The average molecular weight is 256 g/mol. The van der Waals surface area contributed by atoms with Gasteiger partial charge in [0.2, 0.25) is 0 Å². The highest BCUT2D eigenvalue weighted by Crippen LogP contribution is 2.21. The third-order valence-corrected chi connectivity index (χ3v) is 4.08. The van der Waals surface area contributed by atoms with E-state index in [9.17, 15) is 0 Å². The Hall–Kier alpha value is -0.160. The molecule has 2 fully saturated rings. The van der Waals surface area contributed by atoms with Crippen molar-refractivity contribution in [3.05, 3.63) is 0 Å². The molecule has 0 aromatic rings. The molecule has 2 rings (SSSR count). The highest BCUT2D eigenvalue weighted by Gasteiger charge is 2.30. The number of ether oxygens (including phenoxy) is 2. The van der Waals surface area contributed by atoms with E-state index in [2.05, 4.69) is 31.0 Å². The van der Waals surface area contributed by atoms with Crippen molar-refractivity contribution < 1.29 is 9.47 Å². The molecule has 0 spiro atoms. The van der Waals surface area contributed by atoms with Crippen LogP contribution in [0.5, 0.6) is 0 Å². The van der Waals surface area contributed by atoms with Crippen LogP contribution >= 0.6 is 0 Å². The zero-order valence-electron chi connectivity index (χ0n) is 12.1. The van der Waals surface area contributed by atoms with Crippen LogP contribution in [-0.4, -0.2) is 62.0 Å². The zero-order valence-corrected chi connectivity index (χ0v) is 12.1. The van der Waals surface area contributed by atoms with Crippen LogP contribution in [0.3, 0.4) is 0 Å². The maximum absolute atomic E-state index is 6.12. The maximum Gasteiger partial charge on any atom is 0.0936 e. The van der Waals surface area contributed by atoms with Gasteiger partial charge in [-0.3, -0.25) is 4.90 Å². The van der Waals surface area contributed by atoms with Gasteiger partial charge >= 0.3 is 0 Å². The highest BCUT2D eigenvalue weighted by molar-refractivity contribution is 4.84. The third kappa shape index (κ3) is 3.92. The number of hydrogen-bond donors (Lipinski definition) is 1. The van der Waals surface area contributed by atoms with Crippen LogP contribution in [0.4, 0.5) is 0 Å². The fourth-order valence-corrected chi connectivity index (χ4v) is 2.76. The van der Waals surface area contributed by atoms with Gasteiger partial charge in [-0.2, -0.15) is 0 Å². The molecule has 2 unspecified atom stereocenters. The molecule has 2 atom stereocenters. The van der Waals surface area contributed by atoms with Crippen LogP contribution in [0.2, 0.25) is 0 Å². The van der Waals surface area contributed by atoms with Crippen molar-refractivity contribution in [2.45, 2.75) is 51.4 Å². The molecule has 2 aliphatic heterocycles. The van der Waals surface area contributed by atoms with Crippen LogP contribution in [-0.2, 0) is 9.47 Å². The lowest BCUT2D eigenvalue weighted by Gasteiger charge is -2.39. The van der Waals surface area contributed by atoms with Gasteiger partial charge in [-0.1, -0.05) is 0 Å². The molecular formula is C14H28N2O2. The topological polar surface area (TPSA) is 33.7 Å². The summed E-state index contributed by atoms with van der Waals surface area (Å²) in [7, 11) is 0. The summed E-state index contributed by atoms with van der Waals surface area (Å²) in [4.78, 5) is 2.47. The molecule has 0 aromatic heterocycles. The molecule has 0 aliphatic carbocycles. The van der Waals surface area contributed by atoms with Gasteiger partial charge in [0.05, 0.1) is 24.9 Å². The zero-order chi connectivity index (χ0) is 13.0. The fourth-order valence-electron chi connectivity index (χ4n) is 2.76. The summed E-state index contributed by atoms with van der Waals surface area (Å²) in [6, 6.07) is 0.600. The van der Waals surface area contributed by atoms with Gasteiger partial charge in [0.1, 0.15) is 0 Å². The van der Waals surface area contributed by atoms with Gasteiger partial charge in [0, 0.05) is 25.7 Å². The van der Waals surface area contributed by atoms with Crippen molar-refractivity contribution in [1.82, 2.24) is 10.2 Å². The average Bonchev–Trinajstić information content (AvgIpc) is 2.38. The number of piperidine rings is 1. The van der Waals surface area contributed by atoms with Crippen LogP contribution < -0.4 is 5.32 Å². The second kappa shape index (κ2) is 6.33. The van der Waals surface area contributed by atoms with E-state index in [1.54, 1.807) is 0 Å². The molecule has 2 heterocycles. The van der Waals surface area contributed by atoms with E-state index in [0.29, 0.717) is 6.04 Å². The minimum atomic E-state index is 0.00170. The number of rotatable bonds is 4. The number of nitrogens with zero attached hydrogens (tertiary/aromatic N) is 1. The first-order chi connectivity index (χ1) is 8.59. The fraction of sp³-hybridized carbons (Fsp3) is 1.00. The molecule has 2 aliphatic rings. The molecule has 0 radical (unpaired) electrons. The summed E-state index contributed by atoms with van der Waals surface area (Å²) in [5.41, 5.74) is 0.00170. The minimum absolute atomic E-state index is 0.00170. The first-order valence-corrected chi connectivity index (χ1v) is 7.29. The Kier molecular flexibility index (Phi) is 5.01. The number of nitrogens with one attached hydrogen (secondary N) is 1. The molecule has 0 saturated carbocycles. The van der Waals surface area contributed by atoms with Gasteiger partial charge < -0.3 is 14.8 Å². The Morgan fingerprint density at radius 2 is 2.33 bits per heavy atom. The molecule has 4 nitrogen and oxygen atoms in total. The Balaban J connectivity index is 1.75. The van der Waals surface area contributed by atoms with E-state index in [1.165, 1.54) is 6.42 Å². The molecule has 4 heteroatoms. The van der Waals surface area contributed by atoms with Crippen molar-refractivity contribution >= 4 is 0 Å². The second-order valence-electron chi connectivity index (χ2n) is 6.12. The lowest BCUT2D eigenvalue weighted by atomic mass is 9.96. The van der Waals surface area contributed by atoms with Crippen LogP contribution in [0.15, 0.2) is 0 Å². The van der Waals surface area contributed by atoms with Crippen LogP contribution in [0, 0.1) is 0 Å². The van der Waals surface area contributed by atoms with Crippen molar-refractivity contribution in [2.75, 3.05) is 39.4 Å². The summed E-state index contributed by atoms with van der Waals surface area (Å²) in [5, 5.41) is 3.41. The van der Waals surface area contributed by atoms with Crippen molar-refractivity contribution in [2.24, 2.45) is 0 Å². The predicted molar refractivity (Wildman–Crippen MR) is 72.9 cm³/mol. The Bertz CT molecular complexity index is 252. The van der Waals surface area contributed by atoms with Crippen LogP contribution in [0.1, 0.15) is 33.6 Å². The number of hydrogen-bond acceptors (Lipinski definition) is 4. The smallest absolute Gasteiger partial charge is 0.0936 e. The van der Waals surface area contributed by atoms with Gasteiger partial charge in [0.15, 0.2) is 0 Å². The summed E-state index contributed by atoms with van der Waals surface area (Å²) in [5.74, 6) is 0. The summed E-state index contributed by atoms with van der Waals surface area (Å²) < 4.78 is 11.9. The predicted octanol–water partition coefficient (Wildman–Crippen LogP) is 1.25. The molecule has 1 N–H and O–H groups in total. The van der Waals surface area contributed by atoms with Crippen molar-refractivity contribution in [1.29, 1.82) is 0 Å². The molecule has 0 bridgehead atoms. The van der Waals surface area contributed by atoms with Gasteiger partial charge in [0.25, 0.3) is 0 Å². The lowest BCUT2D eigenvalue weighted by Crippen LogP contribution is -2.50. The van der Waals surface area contributed by atoms with Crippen molar-refractivity contribution in [3.63, 3.8) is 0 Å². The largest absolute Gasteiger partial charge is 0.373 e. The van der Waals surface area contributed by atoms with Crippen LogP contribution in [0.25, 0.3) is 0 Å². The molecule has 0 amide bonds. The quantitative estimate of drug-likeness (QED) is 0.821. The lowest BCUT2D eigenvalue weighted by molar-refractivity contribution is -0.122. The van der Waals surface area contributed by atoms with Gasteiger partial charge in [-0.05, 0) is 40.2 Å². The Morgan fingerprint density at radius 1 is 1.50 bits per heavy atom. The van der Waals surface area contributed by atoms with Crippen molar-refractivity contribution in [3.8, 4) is 0 Å². The molecule has 106 valence electrons. The Morgan fingerprint density at radius 3 is 3.00 bits per heavy atom. The van der Waals surface area contributed by atoms with E-state index >= 15 is 0 Å². The first-order valence-electron chi connectivity index (χ1n) is 7.29. The van der Waals surface area contributed by atoms with E-state index in [0.717, 1.165) is 45.8 Å². The molecule has 2 saturated heterocycles.